The molecule has 1 aliphatic carbocycles. The zero-order valence-corrected chi connectivity index (χ0v) is 15.2. The molecule has 1 saturated carbocycles. The van der Waals surface area contributed by atoms with Crippen LogP contribution in [0.3, 0.4) is 0 Å². The first-order valence-corrected chi connectivity index (χ1v) is 9.22. The summed E-state index contributed by atoms with van der Waals surface area (Å²) in [4.78, 5) is 18.1. The topological polar surface area (TPSA) is 83.0 Å². The molecule has 1 aliphatic rings. The number of hydrogen-bond acceptors (Lipinski definition) is 5. The molecular formula is C19H26N6O. The van der Waals surface area contributed by atoms with E-state index in [4.69, 9.17) is 0 Å². The van der Waals surface area contributed by atoms with Gasteiger partial charge in [0, 0.05) is 32.0 Å². The minimum Gasteiger partial charge on any atom is -0.358 e. The summed E-state index contributed by atoms with van der Waals surface area (Å²) in [5.74, 6) is 1.24. The molecule has 2 aromatic heterocycles. The molecule has 2 heterocycles. The van der Waals surface area contributed by atoms with E-state index < -0.39 is 0 Å². The number of aromatic nitrogens is 3. The Kier molecular flexibility index (Phi) is 6.35. The highest BCUT2D eigenvalue weighted by atomic mass is 16.2. The minimum absolute atomic E-state index is 0.204. The molecule has 1 fully saturated rings. The van der Waals surface area contributed by atoms with Gasteiger partial charge < -0.3 is 10.2 Å². The first kappa shape index (κ1) is 18.1. The lowest BCUT2D eigenvalue weighted by Gasteiger charge is -2.22. The molecule has 0 aromatic carbocycles. The van der Waals surface area contributed by atoms with Gasteiger partial charge in [-0.3, -0.25) is 10.3 Å². The van der Waals surface area contributed by atoms with Gasteiger partial charge in [-0.2, -0.15) is 0 Å². The van der Waals surface area contributed by atoms with Crippen molar-refractivity contribution in [3.63, 3.8) is 0 Å². The minimum atomic E-state index is -0.204. The lowest BCUT2D eigenvalue weighted by molar-refractivity contribution is 0.244. The summed E-state index contributed by atoms with van der Waals surface area (Å²) in [6, 6.07) is 7.75. The summed E-state index contributed by atoms with van der Waals surface area (Å²) < 4.78 is 0. The van der Waals surface area contributed by atoms with Gasteiger partial charge in [0.15, 0.2) is 11.6 Å². The molecule has 3 rings (SSSR count). The van der Waals surface area contributed by atoms with Crippen molar-refractivity contribution < 1.29 is 4.79 Å². The normalized spacial score (nSPS) is 14.7. The monoisotopic (exact) mass is 354 g/mol. The van der Waals surface area contributed by atoms with Crippen LogP contribution in [0.1, 0.15) is 37.7 Å². The number of pyridine rings is 1. The Morgan fingerprint density at radius 3 is 2.58 bits per heavy atom. The quantitative estimate of drug-likeness (QED) is 0.833. The maximum atomic E-state index is 12.1. The van der Waals surface area contributed by atoms with Crippen molar-refractivity contribution in [2.45, 2.75) is 44.6 Å². The molecule has 0 unspecified atom stereocenters. The van der Waals surface area contributed by atoms with E-state index in [1.807, 2.05) is 30.1 Å². The third-order valence-corrected chi connectivity index (χ3v) is 4.71. The van der Waals surface area contributed by atoms with Crippen molar-refractivity contribution in [2.24, 2.45) is 0 Å². The summed E-state index contributed by atoms with van der Waals surface area (Å²) in [5.41, 5.74) is 1.23. The number of anilines is 2. The van der Waals surface area contributed by atoms with Gasteiger partial charge in [0.2, 0.25) is 0 Å². The van der Waals surface area contributed by atoms with Gasteiger partial charge in [-0.25, -0.2) is 4.79 Å². The van der Waals surface area contributed by atoms with Crippen LogP contribution in [0.25, 0.3) is 0 Å². The van der Waals surface area contributed by atoms with Crippen molar-refractivity contribution in [1.82, 2.24) is 20.5 Å². The number of rotatable bonds is 6. The Hall–Kier alpha value is -2.70. The maximum Gasteiger partial charge on any atom is 0.320 e. The van der Waals surface area contributed by atoms with Gasteiger partial charge in [0.1, 0.15) is 0 Å². The zero-order chi connectivity index (χ0) is 18.2. The first-order chi connectivity index (χ1) is 12.7. The number of hydrogen-bond donors (Lipinski definition) is 2. The fraction of sp³-hybridized carbons (Fsp3) is 0.474. The smallest absolute Gasteiger partial charge is 0.320 e. The highest BCUT2D eigenvalue weighted by Crippen LogP contribution is 2.17. The Morgan fingerprint density at radius 2 is 1.88 bits per heavy atom. The number of nitrogens with zero attached hydrogens (tertiary/aromatic N) is 4. The van der Waals surface area contributed by atoms with Gasteiger partial charge in [-0.05, 0) is 49.1 Å². The molecule has 0 spiro atoms. The molecule has 7 nitrogen and oxygen atoms in total. The second-order valence-electron chi connectivity index (χ2n) is 6.74. The van der Waals surface area contributed by atoms with Crippen LogP contribution in [-0.2, 0) is 6.42 Å². The highest BCUT2D eigenvalue weighted by Gasteiger charge is 2.16. The Labute approximate surface area is 154 Å². The standard InChI is InChI=1S/C19H26N6O/c1-25(14-11-15-9-12-20-13-10-15)18-8-7-17(23-24-18)22-19(26)21-16-5-3-2-4-6-16/h7-10,12-13,16H,2-6,11,14H2,1H3,(H2,21,22,23,26). The Bertz CT molecular complexity index is 685. The van der Waals surface area contributed by atoms with E-state index in [-0.39, 0.29) is 12.1 Å². The predicted molar refractivity (Wildman–Crippen MR) is 102 cm³/mol. The number of amides is 2. The predicted octanol–water partition coefficient (Wildman–Crippen LogP) is 3.00. The number of urea groups is 1. The van der Waals surface area contributed by atoms with E-state index in [2.05, 4.69) is 25.8 Å². The lowest BCUT2D eigenvalue weighted by atomic mass is 9.96. The van der Waals surface area contributed by atoms with E-state index in [9.17, 15) is 4.79 Å². The molecule has 0 bridgehead atoms. The number of carbonyl (C=O) groups is 1. The molecule has 0 saturated heterocycles. The molecule has 0 aliphatic heterocycles. The second kappa shape index (κ2) is 9.12. The molecule has 7 heteroatoms. The average Bonchev–Trinajstić information content (AvgIpc) is 2.68. The number of nitrogens with one attached hydrogen (secondary N) is 2. The van der Waals surface area contributed by atoms with Crippen LogP contribution >= 0.6 is 0 Å². The van der Waals surface area contributed by atoms with Gasteiger partial charge >= 0.3 is 6.03 Å². The van der Waals surface area contributed by atoms with Gasteiger partial charge in [0.25, 0.3) is 0 Å². The summed E-state index contributed by atoms with van der Waals surface area (Å²) >= 11 is 0. The van der Waals surface area contributed by atoms with Crippen LogP contribution in [0.5, 0.6) is 0 Å². The van der Waals surface area contributed by atoms with E-state index in [1.165, 1.54) is 24.8 Å². The van der Waals surface area contributed by atoms with E-state index in [0.717, 1.165) is 31.6 Å². The number of likely N-dealkylation sites (N-methyl/N-ethyl adjacent to an activating group) is 1. The van der Waals surface area contributed by atoms with Crippen molar-refractivity contribution in [3.05, 3.63) is 42.2 Å². The second-order valence-corrected chi connectivity index (χ2v) is 6.74. The highest BCUT2D eigenvalue weighted by molar-refractivity contribution is 5.88. The summed E-state index contributed by atoms with van der Waals surface area (Å²) in [5, 5.41) is 14.1. The third-order valence-electron chi connectivity index (χ3n) is 4.71. The van der Waals surface area contributed by atoms with Gasteiger partial charge in [-0.15, -0.1) is 10.2 Å². The fourth-order valence-electron chi connectivity index (χ4n) is 3.14. The third kappa shape index (κ3) is 5.40. The molecule has 2 aromatic rings. The number of carbonyl (C=O) groups excluding carboxylic acids is 1. The zero-order valence-electron chi connectivity index (χ0n) is 15.2. The van der Waals surface area contributed by atoms with Gasteiger partial charge in [-0.1, -0.05) is 19.3 Å². The SMILES string of the molecule is CN(CCc1ccncc1)c1ccc(NC(=O)NC2CCCCC2)nn1. The molecule has 2 N–H and O–H groups in total. The van der Waals surface area contributed by atoms with E-state index in [1.54, 1.807) is 18.5 Å². The van der Waals surface area contributed by atoms with E-state index in [0.29, 0.717) is 5.82 Å². The van der Waals surface area contributed by atoms with Crippen molar-refractivity contribution >= 4 is 17.7 Å². The van der Waals surface area contributed by atoms with Crippen LogP contribution in [0, 0.1) is 0 Å². The van der Waals surface area contributed by atoms with Crippen LogP contribution in [0.4, 0.5) is 16.4 Å². The van der Waals surface area contributed by atoms with Crippen molar-refractivity contribution in [3.8, 4) is 0 Å². The average molecular weight is 354 g/mol. The van der Waals surface area contributed by atoms with Crippen molar-refractivity contribution in [2.75, 3.05) is 23.8 Å². The molecule has 26 heavy (non-hydrogen) atoms. The van der Waals surface area contributed by atoms with E-state index >= 15 is 0 Å². The van der Waals surface area contributed by atoms with Crippen LogP contribution in [0.2, 0.25) is 0 Å². The molecular weight excluding hydrogens is 328 g/mol. The molecule has 2 amide bonds. The van der Waals surface area contributed by atoms with Crippen molar-refractivity contribution in [1.29, 1.82) is 0 Å². The largest absolute Gasteiger partial charge is 0.358 e. The van der Waals surface area contributed by atoms with Crippen LogP contribution in [-0.4, -0.2) is 40.8 Å². The summed E-state index contributed by atoms with van der Waals surface area (Å²) in [6.45, 7) is 0.827. The summed E-state index contributed by atoms with van der Waals surface area (Å²) in [7, 11) is 1.98. The first-order valence-electron chi connectivity index (χ1n) is 9.22. The molecule has 0 radical (unpaired) electrons. The lowest BCUT2D eigenvalue weighted by Crippen LogP contribution is -2.39. The van der Waals surface area contributed by atoms with Crippen LogP contribution < -0.4 is 15.5 Å². The summed E-state index contributed by atoms with van der Waals surface area (Å²) in [6.07, 6.45) is 10.3. The maximum absolute atomic E-state index is 12.1. The molecule has 0 atom stereocenters. The Balaban J connectivity index is 1.47. The van der Waals surface area contributed by atoms with Crippen LogP contribution in [0.15, 0.2) is 36.7 Å². The molecule has 138 valence electrons. The Morgan fingerprint density at radius 1 is 1.12 bits per heavy atom. The van der Waals surface area contributed by atoms with Gasteiger partial charge in [0.05, 0.1) is 0 Å². The fourth-order valence-corrected chi connectivity index (χ4v) is 3.14.